The summed E-state index contributed by atoms with van der Waals surface area (Å²) in [5.74, 6) is -0.115. The second kappa shape index (κ2) is 7.33. The smallest absolute Gasteiger partial charge is 0.419 e. The van der Waals surface area contributed by atoms with Crippen molar-refractivity contribution in [3.8, 4) is 5.75 Å². The van der Waals surface area contributed by atoms with Crippen molar-refractivity contribution in [3.63, 3.8) is 0 Å². The number of halogens is 3. The molecule has 1 aliphatic rings. The van der Waals surface area contributed by atoms with E-state index in [9.17, 15) is 13.2 Å². The number of aryl methyl sites for hydroxylation is 1. The van der Waals surface area contributed by atoms with Crippen molar-refractivity contribution in [3.05, 3.63) is 29.3 Å². The van der Waals surface area contributed by atoms with Crippen molar-refractivity contribution < 1.29 is 17.9 Å². The van der Waals surface area contributed by atoms with E-state index in [1.807, 2.05) is 0 Å². The lowest BCUT2D eigenvalue weighted by Crippen LogP contribution is -2.44. The highest BCUT2D eigenvalue weighted by atomic mass is 19.4. The predicted molar refractivity (Wildman–Crippen MR) is 80.3 cm³/mol. The molecule has 6 heteroatoms. The van der Waals surface area contributed by atoms with Gasteiger partial charge in [0.1, 0.15) is 5.75 Å². The molecule has 1 saturated heterocycles. The summed E-state index contributed by atoms with van der Waals surface area (Å²) < 4.78 is 43.7. The third kappa shape index (κ3) is 4.61. The van der Waals surface area contributed by atoms with E-state index in [1.165, 1.54) is 19.2 Å². The lowest BCUT2D eigenvalue weighted by molar-refractivity contribution is -0.138. The number of nitrogens with zero attached hydrogens (tertiary/aromatic N) is 2. The molecular formula is C16H23F3N2O. The van der Waals surface area contributed by atoms with Crippen molar-refractivity contribution in [2.24, 2.45) is 0 Å². The molecule has 0 N–H and O–H groups in total. The van der Waals surface area contributed by atoms with E-state index in [1.54, 1.807) is 6.07 Å². The van der Waals surface area contributed by atoms with Crippen molar-refractivity contribution in [2.45, 2.75) is 19.0 Å². The summed E-state index contributed by atoms with van der Waals surface area (Å²) in [6.45, 7) is 5.11. The quantitative estimate of drug-likeness (QED) is 0.831. The first-order valence-corrected chi connectivity index (χ1v) is 7.55. The van der Waals surface area contributed by atoms with Gasteiger partial charge in [-0.3, -0.25) is 0 Å². The van der Waals surface area contributed by atoms with Crippen LogP contribution in [0.4, 0.5) is 13.2 Å². The summed E-state index contributed by atoms with van der Waals surface area (Å²) in [6, 6.07) is 4.34. The first kappa shape index (κ1) is 17.1. The number of piperazine rings is 1. The first-order chi connectivity index (χ1) is 10.4. The summed E-state index contributed by atoms with van der Waals surface area (Å²) in [5, 5.41) is 0. The van der Waals surface area contributed by atoms with Gasteiger partial charge in [-0.15, -0.1) is 0 Å². The van der Waals surface area contributed by atoms with Crippen LogP contribution in [0.2, 0.25) is 0 Å². The third-order valence-corrected chi connectivity index (χ3v) is 4.10. The van der Waals surface area contributed by atoms with Gasteiger partial charge in [-0.25, -0.2) is 0 Å². The lowest BCUT2D eigenvalue weighted by atomic mass is 10.0. The fraction of sp³-hybridized carbons (Fsp3) is 0.625. The average molecular weight is 316 g/mol. The summed E-state index contributed by atoms with van der Waals surface area (Å²) in [6.07, 6.45) is -2.86. The SMILES string of the molecule is COc1ccc(CCCN2CCN(C)CC2)cc1C(F)(F)F. The largest absolute Gasteiger partial charge is 0.496 e. The van der Waals surface area contributed by atoms with Gasteiger partial charge < -0.3 is 14.5 Å². The van der Waals surface area contributed by atoms with Crippen LogP contribution >= 0.6 is 0 Å². The van der Waals surface area contributed by atoms with E-state index >= 15 is 0 Å². The van der Waals surface area contributed by atoms with Crippen LogP contribution in [0.1, 0.15) is 17.5 Å². The monoisotopic (exact) mass is 316 g/mol. The highest BCUT2D eigenvalue weighted by molar-refractivity contribution is 5.39. The molecule has 1 heterocycles. The molecule has 0 atom stereocenters. The van der Waals surface area contributed by atoms with Crippen LogP contribution in [0.25, 0.3) is 0 Å². The maximum Gasteiger partial charge on any atom is 0.419 e. The van der Waals surface area contributed by atoms with Crippen LogP contribution in [0.5, 0.6) is 5.75 Å². The molecule has 3 nitrogen and oxygen atoms in total. The standard InChI is InChI=1S/C16H23F3N2O/c1-20-8-10-21(11-9-20)7-3-4-13-5-6-15(22-2)14(12-13)16(17,18)19/h5-6,12H,3-4,7-11H2,1-2H3. The number of rotatable bonds is 5. The molecule has 0 aliphatic carbocycles. The van der Waals surface area contributed by atoms with Gasteiger partial charge in [0.2, 0.25) is 0 Å². The molecule has 0 bridgehead atoms. The topological polar surface area (TPSA) is 15.7 Å². The Bertz CT molecular complexity index is 483. The molecule has 1 aromatic carbocycles. The van der Waals surface area contributed by atoms with Gasteiger partial charge >= 0.3 is 6.18 Å². The summed E-state index contributed by atoms with van der Waals surface area (Å²) >= 11 is 0. The molecule has 22 heavy (non-hydrogen) atoms. The maximum atomic E-state index is 13.0. The Morgan fingerprint density at radius 2 is 1.82 bits per heavy atom. The number of methoxy groups -OCH3 is 1. The van der Waals surface area contributed by atoms with Gasteiger partial charge in [-0.2, -0.15) is 13.2 Å². The minimum Gasteiger partial charge on any atom is -0.496 e. The molecule has 0 amide bonds. The maximum absolute atomic E-state index is 13.0. The summed E-state index contributed by atoms with van der Waals surface area (Å²) in [7, 11) is 3.37. The zero-order valence-electron chi connectivity index (χ0n) is 13.1. The number of alkyl halides is 3. The highest BCUT2D eigenvalue weighted by Gasteiger charge is 2.34. The van der Waals surface area contributed by atoms with Crippen LogP contribution in [0, 0.1) is 0 Å². The van der Waals surface area contributed by atoms with Gasteiger partial charge in [0.05, 0.1) is 12.7 Å². The Hall–Kier alpha value is -1.27. The Morgan fingerprint density at radius 3 is 2.41 bits per heavy atom. The van der Waals surface area contributed by atoms with E-state index in [0.29, 0.717) is 12.0 Å². The zero-order chi connectivity index (χ0) is 16.2. The van der Waals surface area contributed by atoms with Crippen molar-refractivity contribution >= 4 is 0 Å². The van der Waals surface area contributed by atoms with Gasteiger partial charge in [0, 0.05) is 26.2 Å². The Labute approximate surface area is 129 Å². The molecule has 0 saturated carbocycles. The van der Waals surface area contributed by atoms with Crippen molar-refractivity contribution in [2.75, 3.05) is 46.9 Å². The average Bonchev–Trinajstić information content (AvgIpc) is 2.48. The first-order valence-electron chi connectivity index (χ1n) is 7.55. The minimum atomic E-state index is -4.38. The molecule has 0 spiro atoms. The number of likely N-dealkylation sites (N-methyl/N-ethyl adjacent to an activating group) is 1. The van der Waals surface area contributed by atoms with Gasteiger partial charge in [-0.1, -0.05) is 6.07 Å². The molecule has 0 radical (unpaired) electrons. The number of ether oxygens (including phenoxy) is 1. The van der Waals surface area contributed by atoms with E-state index < -0.39 is 11.7 Å². The van der Waals surface area contributed by atoms with Crippen LogP contribution in [0.3, 0.4) is 0 Å². The predicted octanol–water partition coefficient (Wildman–Crippen LogP) is 2.89. The number of hydrogen-bond acceptors (Lipinski definition) is 3. The molecule has 1 fully saturated rings. The lowest BCUT2D eigenvalue weighted by Gasteiger charge is -2.32. The van der Waals surface area contributed by atoms with Crippen LogP contribution in [-0.4, -0.2) is 56.7 Å². The number of hydrogen-bond donors (Lipinski definition) is 0. The van der Waals surface area contributed by atoms with Gasteiger partial charge in [0.15, 0.2) is 0 Å². The minimum absolute atomic E-state index is 0.115. The molecule has 0 aromatic heterocycles. The van der Waals surface area contributed by atoms with Crippen LogP contribution in [0.15, 0.2) is 18.2 Å². The van der Waals surface area contributed by atoms with Gasteiger partial charge in [0.25, 0.3) is 0 Å². The highest BCUT2D eigenvalue weighted by Crippen LogP contribution is 2.36. The molecule has 124 valence electrons. The Morgan fingerprint density at radius 1 is 1.14 bits per heavy atom. The van der Waals surface area contributed by atoms with Crippen LogP contribution in [-0.2, 0) is 12.6 Å². The Balaban J connectivity index is 1.90. The molecular weight excluding hydrogens is 293 g/mol. The summed E-state index contributed by atoms with van der Waals surface area (Å²) in [4.78, 5) is 4.66. The van der Waals surface area contributed by atoms with Crippen molar-refractivity contribution in [1.29, 1.82) is 0 Å². The van der Waals surface area contributed by atoms with E-state index in [4.69, 9.17) is 4.74 Å². The molecule has 2 rings (SSSR count). The fourth-order valence-electron chi connectivity index (χ4n) is 2.71. The Kier molecular flexibility index (Phi) is 5.69. The molecule has 1 aliphatic heterocycles. The second-order valence-electron chi connectivity index (χ2n) is 5.78. The molecule has 1 aromatic rings. The third-order valence-electron chi connectivity index (χ3n) is 4.10. The van der Waals surface area contributed by atoms with E-state index in [2.05, 4.69) is 16.8 Å². The normalized spacial score (nSPS) is 17.7. The van der Waals surface area contributed by atoms with Crippen LogP contribution < -0.4 is 4.74 Å². The van der Waals surface area contributed by atoms with E-state index in [-0.39, 0.29) is 5.75 Å². The summed E-state index contributed by atoms with van der Waals surface area (Å²) in [5.41, 5.74) is 0.0225. The zero-order valence-corrected chi connectivity index (χ0v) is 13.1. The fourth-order valence-corrected chi connectivity index (χ4v) is 2.71. The second-order valence-corrected chi connectivity index (χ2v) is 5.78. The van der Waals surface area contributed by atoms with E-state index in [0.717, 1.165) is 39.1 Å². The number of benzene rings is 1. The molecule has 0 unspecified atom stereocenters. The van der Waals surface area contributed by atoms with Gasteiger partial charge in [-0.05, 0) is 44.1 Å². The van der Waals surface area contributed by atoms with Crippen molar-refractivity contribution in [1.82, 2.24) is 9.80 Å².